The number of amides is 1. The van der Waals surface area contributed by atoms with Crippen molar-refractivity contribution in [3.63, 3.8) is 0 Å². The minimum absolute atomic E-state index is 0.0617. The second kappa shape index (κ2) is 6.54. The first-order valence-corrected chi connectivity index (χ1v) is 7.15. The maximum atomic E-state index is 12.2. The third-order valence-corrected chi connectivity index (χ3v) is 3.83. The number of carbonyl (C=O) groups is 2. The predicted octanol–water partition coefficient (Wildman–Crippen LogP) is 1.96. The Balaban J connectivity index is 2.05. The van der Waals surface area contributed by atoms with Crippen LogP contribution in [0.5, 0.6) is 0 Å². The number of nitrogens with one attached hydrogen (secondary N) is 1. The highest BCUT2D eigenvalue weighted by Crippen LogP contribution is 2.18. The van der Waals surface area contributed by atoms with Gasteiger partial charge in [0.15, 0.2) is 5.69 Å². The zero-order valence-corrected chi connectivity index (χ0v) is 11.8. The Labute approximate surface area is 118 Å². The van der Waals surface area contributed by atoms with Crippen LogP contribution in [0.15, 0.2) is 6.20 Å². The molecule has 1 fully saturated rings. The molecule has 1 aliphatic carbocycles. The van der Waals surface area contributed by atoms with E-state index in [0.29, 0.717) is 0 Å². The molecule has 0 bridgehead atoms. The van der Waals surface area contributed by atoms with Gasteiger partial charge in [-0.05, 0) is 12.8 Å². The summed E-state index contributed by atoms with van der Waals surface area (Å²) >= 11 is 0. The number of carboxylic acids is 1. The molecule has 0 radical (unpaired) electrons. The van der Waals surface area contributed by atoms with Crippen LogP contribution in [0.1, 0.15) is 65.8 Å². The van der Waals surface area contributed by atoms with Gasteiger partial charge in [0.25, 0.3) is 5.91 Å². The molecule has 6 nitrogen and oxygen atoms in total. The van der Waals surface area contributed by atoms with E-state index in [4.69, 9.17) is 5.11 Å². The Morgan fingerprint density at radius 2 is 1.85 bits per heavy atom. The first kappa shape index (κ1) is 14.6. The van der Waals surface area contributed by atoms with Crippen LogP contribution in [-0.4, -0.2) is 32.8 Å². The molecule has 0 unspecified atom stereocenters. The van der Waals surface area contributed by atoms with Gasteiger partial charge in [0, 0.05) is 13.1 Å². The Morgan fingerprint density at radius 3 is 2.45 bits per heavy atom. The Kier molecular flexibility index (Phi) is 4.76. The lowest BCUT2D eigenvalue weighted by molar-refractivity contribution is 0.0678. The Hall–Kier alpha value is -1.85. The van der Waals surface area contributed by atoms with Crippen LogP contribution in [0.4, 0.5) is 0 Å². The van der Waals surface area contributed by atoms with E-state index in [1.54, 1.807) is 0 Å². The number of hydrogen-bond acceptors (Lipinski definition) is 3. The van der Waals surface area contributed by atoms with Crippen molar-refractivity contribution in [1.29, 1.82) is 0 Å². The largest absolute Gasteiger partial charge is 0.477 e. The first-order valence-electron chi connectivity index (χ1n) is 7.15. The summed E-state index contributed by atoms with van der Waals surface area (Å²) in [5.74, 6) is -1.46. The summed E-state index contributed by atoms with van der Waals surface area (Å²) in [6.07, 6.45) is 9.17. The smallest absolute Gasteiger partial charge is 0.354 e. The number of rotatable bonds is 3. The summed E-state index contributed by atoms with van der Waals surface area (Å²) < 4.78 is 1.22. The quantitative estimate of drug-likeness (QED) is 0.885. The fourth-order valence-corrected chi connectivity index (χ4v) is 2.72. The number of carboxylic acid groups (broad SMARTS) is 1. The van der Waals surface area contributed by atoms with Crippen LogP contribution < -0.4 is 5.32 Å². The van der Waals surface area contributed by atoms with E-state index in [2.05, 4.69) is 10.4 Å². The molecule has 1 heterocycles. The first-order chi connectivity index (χ1) is 9.59. The molecule has 1 aliphatic rings. The average molecular weight is 279 g/mol. The number of carbonyl (C=O) groups excluding carboxylic acids is 1. The Morgan fingerprint density at radius 1 is 1.25 bits per heavy atom. The van der Waals surface area contributed by atoms with Crippen molar-refractivity contribution in [2.75, 3.05) is 0 Å². The molecule has 1 amide bonds. The van der Waals surface area contributed by atoms with Gasteiger partial charge in [0.1, 0.15) is 0 Å². The molecule has 1 saturated carbocycles. The third-order valence-electron chi connectivity index (χ3n) is 3.83. The van der Waals surface area contributed by atoms with Crippen LogP contribution in [-0.2, 0) is 7.05 Å². The molecule has 1 aromatic rings. The minimum atomic E-state index is -1.13. The lowest BCUT2D eigenvalue weighted by Crippen LogP contribution is -2.36. The maximum Gasteiger partial charge on any atom is 0.354 e. The van der Waals surface area contributed by atoms with E-state index in [1.807, 2.05) is 0 Å². The summed E-state index contributed by atoms with van der Waals surface area (Å²) in [5.41, 5.74) is 0.0791. The van der Waals surface area contributed by atoms with Crippen molar-refractivity contribution < 1.29 is 14.7 Å². The lowest BCUT2D eigenvalue weighted by atomic mass is 9.96. The maximum absolute atomic E-state index is 12.2. The van der Waals surface area contributed by atoms with Crippen molar-refractivity contribution in [3.05, 3.63) is 17.5 Å². The van der Waals surface area contributed by atoms with Crippen LogP contribution in [0.25, 0.3) is 0 Å². The van der Waals surface area contributed by atoms with Gasteiger partial charge >= 0.3 is 5.97 Å². The van der Waals surface area contributed by atoms with Crippen LogP contribution in [0.2, 0.25) is 0 Å². The highest BCUT2D eigenvalue weighted by molar-refractivity contribution is 6.03. The Bertz CT molecular complexity index is 488. The van der Waals surface area contributed by atoms with E-state index < -0.39 is 5.97 Å². The number of aryl methyl sites for hydroxylation is 1. The van der Waals surface area contributed by atoms with E-state index in [1.165, 1.54) is 37.2 Å². The molecule has 0 spiro atoms. The van der Waals surface area contributed by atoms with Crippen molar-refractivity contribution in [3.8, 4) is 0 Å². The van der Waals surface area contributed by atoms with Gasteiger partial charge in [-0.2, -0.15) is 5.10 Å². The number of nitrogens with zero attached hydrogens (tertiary/aromatic N) is 2. The standard InChI is InChI=1S/C14H21N3O3/c1-17-12(14(19)20)11(9-15-17)13(18)16-10-7-5-3-2-4-6-8-10/h9-10H,2-8H2,1H3,(H,16,18)(H,19,20). The van der Waals surface area contributed by atoms with E-state index >= 15 is 0 Å². The zero-order valence-electron chi connectivity index (χ0n) is 11.8. The topological polar surface area (TPSA) is 84.2 Å². The fourth-order valence-electron chi connectivity index (χ4n) is 2.72. The summed E-state index contributed by atoms with van der Waals surface area (Å²) in [4.78, 5) is 23.4. The lowest BCUT2D eigenvalue weighted by Gasteiger charge is -2.20. The number of hydrogen-bond donors (Lipinski definition) is 2. The van der Waals surface area contributed by atoms with E-state index in [9.17, 15) is 9.59 Å². The molecule has 0 saturated heterocycles. The van der Waals surface area contributed by atoms with Crippen LogP contribution >= 0.6 is 0 Å². The predicted molar refractivity (Wildman–Crippen MR) is 73.7 cm³/mol. The molecule has 20 heavy (non-hydrogen) atoms. The molecular weight excluding hydrogens is 258 g/mol. The average Bonchev–Trinajstić information content (AvgIpc) is 2.74. The SMILES string of the molecule is Cn1ncc(C(=O)NC2CCCCCCC2)c1C(=O)O. The molecule has 0 aromatic carbocycles. The van der Waals surface area contributed by atoms with Crippen molar-refractivity contribution >= 4 is 11.9 Å². The molecule has 1 aromatic heterocycles. The summed E-state index contributed by atoms with van der Waals surface area (Å²) in [7, 11) is 1.52. The molecule has 2 N–H and O–H groups in total. The monoisotopic (exact) mass is 279 g/mol. The van der Waals surface area contributed by atoms with Crippen molar-refractivity contribution in [1.82, 2.24) is 15.1 Å². The molecule has 110 valence electrons. The number of aromatic nitrogens is 2. The highest BCUT2D eigenvalue weighted by Gasteiger charge is 2.23. The summed E-state index contributed by atoms with van der Waals surface area (Å²) in [6.45, 7) is 0. The van der Waals surface area contributed by atoms with E-state index in [0.717, 1.165) is 25.7 Å². The van der Waals surface area contributed by atoms with Gasteiger partial charge in [0.2, 0.25) is 0 Å². The zero-order chi connectivity index (χ0) is 14.5. The van der Waals surface area contributed by atoms with Gasteiger partial charge in [0.05, 0.1) is 11.8 Å². The minimum Gasteiger partial charge on any atom is -0.477 e. The van der Waals surface area contributed by atoms with Crippen LogP contribution in [0.3, 0.4) is 0 Å². The molecular formula is C14H21N3O3. The van der Waals surface area contributed by atoms with Gasteiger partial charge < -0.3 is 10.4 Å². The van der Waals surface area contributed by atoms with Crippen molar-refractivity contribution in [2.45, 2.75) is 51.0 Å². The molecule has 0 aliphatic heterocycles. The molecule has 6 heteroatoms. The normalized spacial score (nSPS) is 17.2. The molecule has 0 atom stereocenters. The van der Waals surface area contributed by atoms with Gasteiger partial charge in [-0.1, -0.05) is 32.1 Å². The molecule has 2 rings (SSSR count). The third kappa shape index (κ3) is 3.37. The highest BCUT2D eigenvalue weighted by atomic mass is 16.4. The van der Waals surface area contributed by atoms with Gasteiger partial charge in [-0.15, -0.1) is 0 Å². The van der Waals surface area contributed by atoms with Crippen molar-refractivity contribution in [2.24, 2.45) is 7.05 Å². The van der Waals surface area contributed by atoms with Crippen LogP contribution in [0, 0.1) is 0 Å². The van der Waals surface area contributed by atoms with Gasteiger partial charge in [-0.25, -0.2) is 4.79 Å². The fraction of sp³-hybridized carbons (Fsp3) is 0.643. The van der Waals surface area contributed by atoms with Gasteiger partial charge in [-0.3, -0.25) is 9.48 Å². The second-order valence-electron chi connectivity index (χ2n) is 5.35. The van der Waals surface area contributed by atoms with E-state index in [-0.39, 0.29) is 23.2 Å². The number of aromatic carboxylic acids is 1. The summed E-state index contributed by atoms with van der Waals surface area (Å²) in [5, 5.41) is 15.9. The summed E-state index contributed by atoms with van der Waals surface area (Å²) in [6, 6.07) is 0.143. The second-order valence-corrected chi connectivity index (χ2v) is 5.35.